The summed E-state index contributed by atoms with van der Waals surface area (Å²) >= 11 is 0. The van der Waals surface area contributed by atoms with Crippen molar-refractivity contribution in [1.82, 2.24) is 0 Å². The molecule has 0 amide bonds. The molecule has 98 valence electrons. The van der Waals surface area contributed by atoms with Crippen LogP contribution in [0.15, 0.2) is 35.9 Å². The number of carbonyl (C=O) groups is 1. The van der Waals surface area contributed by atoms with Crippen LogP contribution in [0, 0.1) is 0 Å². The second-order valence-electron chi connectivity index (χ2n) is 3.89. The van der Waals surface area contributed by atoms with Crippen molar-refractivity contribution in [2.45, 2.75) is 26.7 Å². The van der Waals surface area contributed by atoms with E-state index in [1.165, 1.54) is 12.7 Å². The van der Waals surface area contributed by atoms with Gasteiger partial charge in [0.1, 0.15) is 12.4 Å². The second-order valence-corrected chi connectivity index (χ2v) is 3.89. The Balaban J connectivity index is 2.58. The summed E-state index contributed by atoms with van der Waals surface area (Å²) in [5, 5.41) is 0. The molecule has 0 spiro atoms. The standard InChI is InChI=1S/C15H20O3/c1-4-12-7-6-8-14(11-12)18-10-9-13(5-2)15(16)17-3/h6-9,11H,4-5,10H2,1-3H3. The largest absolute Gasteiger partial charge is 0.490 e. The molecular formula is C15H20O3. The molecular weight excluding hydrogens is 228 g/mol. The molecule has 0 radical (unpaired) electrons. The molecule has 1 aromatic carbocycles. The summed E-state index contributed by atoms with van der Waals surface area (Å²) in [6, 6.07) is 7.96. The molecule has 0 heterocycles. The SMILES string of the molecule is CCC(=CCOc1cccc(CC)c1)C(=O)OC. The average molecular weight is 248 g/mol. The Bertz CT molecular complexity index is 422. The van der Waals surface area contributed by atoms with Crippen molar-refractivity contribution in [2.24, 2.45) is 0 Å². The maximum absolute atomic E-state index is 11.3. The molecule has 1 rings (SSSR count). The first-order chi connectivity index (χ1) is 8.71. The summed E-state index contributed by atoms with van der Waals surface area (Å²) in [5.74, 6) is 0.536. The monoisotopic (exact) mass is 248 g/mol. The number of hydrogen-bond acceptors (Lipinski definition) is 3. The van der Waals surface area contributed by atoms with Crippen molar-refractivity contribution < 1.29 is 14.3 Å². The number of aryl methyl sites for hydroxylation is 1. The zero-order chi connectivity index (χ0) is 13.4. The fourth-order valence-electron chi connectivity index (χ4n) is 1.60. The van der Waals surface area contributed by atoms with Gasteiger partial charge in [0.2, 0.25) is 0 Å². The first-order valence-corrected chi connectivity index (χ1v) is 6.20. The van der Waals surface area contributed by atoms with Gasteiger partial charge in [0.15, 0.2) is 0 Å². The number of rotatable bonds is 6. The number of hydrogen-bond donors (Lipinski definition) is 0. The maximum Gasteiger partial charge on any atom is 0.333 e. The third-order valence-corrected chi connectivity index (χ3v) is 2.71. The highest BCUT2D eigenvalue weighted by Gasteiger charge is 2.06. The van der Waals surface area contributed by atoms with Crippen LogP contribution in [0.3, 0.4) is 0 Å². The Hall–Kier alpha value is -1.77. The highest BCUT2D eigenvalue weighted by Crippen LogP contribution is 2.14. The van der Waals surface area contributed by atoms with Crippen molar-refractivity contribution in [1.29, 1.82) is 0 Å². The number of esters is 1. The zero-order valence-electron chi connectivity index (χ0n) is 11.2. The fourth-order valence-corrected chi connectivity index (χ4v) is 1.60. The van der Waals surface area contributed by atoms with Gasteiger partial charge < -0.3 is 9.47 Å². The van der Waals surface area contributed by atoms with Gasteiger partial charge >= 0.3 is 5.97 Å². The number of carbonyl (C=O) groups excluding carboxylic acids is 1. The van der Waals surface area contributed by atoms with E-state index in [0.29, 0.717) is 18.6 Å². The Morgan fingerprint density at radius 1 is 1.33 bits per heavy atom. The predicted molar refractivity (Wildman–Crippen MR) is 71.7 cm³/mol. The molecule has 0 bridgehead atoms. The van der Waals surface area contributed by atoms with Crippen LogP contribution in [0.5, 0.6) is 5.75 Å². The van der Waals surface area contributed by atoms with E-state index in [0.717, 1.165) is 12.2 Å². The lowest BCUT2D eigenvalue weighted by atomic mass is 10.2. The van der Waals surface area contributed by atoms with Gasteiger partial charge in [-0.25, -0.2) is 4.79 Å². The third kappa shape index (κ3) is 4.24. The van der Waals surface area contributed by atoms with E-state index in [-0.39, 0.29) is 5.97 Å². The molecule has 0 N–H and O–H groups in total. The Kier molecular flexibility index (Phi) is 5.98. The lowest BCUT2D eigenvalue weighted by Crippen LogP contribution is -2.06. The van der Waals surface area contributed by atoms with Gasteiger partial charge in [-0.2, -0.15) is 0 Å². The molecule has 0 unspecified atom stereocenters. The normalized spacial score (nSPS) is 11.2. The Morgan fingerprint density at radius 2 is 2.11 bits per heavy atom. The minimum atomic E-state index is -0.289. The summed E-state index contributed by atoms with van der Waals surface area (Å²) < 4.78 is 10.3. The lowest BCUT2D eigenvalue weighted by Gasteiger charge is -2.06. The van der Waals surface area contributed by atoms with Gasteiger partial charge in [-0.05, 0) is 36.6 Å². The van der Waals surface area contributed by atoms with E-state index in [1.54, 1.807) is 6.08 Å². The van der Waals surface area contributed by atoms with Gasteiger partial charge in [-0.1, -0.05) is 26.0 Å². The van der Waals surface area contributed by atoms with Crippen molar-refractivity contribution in [3.8, 4) is 5.75 Å². The van der Waals surface area contributed by atoms with E-state index in [2.05, 4.69) is 17.7 Å². The van der Waals surface area contributed by atoms with Crippen molar-refractivity contribution in [3.05, 3.63) is 41.5 Å². The van der Waals surface area contributed by atoms with Crippen LogP contribution in [0.25, 0.3) is 0 Å². The molecule has 3 heteroatoms. The minimum Gasteiger partial charge on any atom is -0.490 e. The summed E-state index contributed by atoms with van der Waals surface area (Å²) in [6.45, 7) is 4.40. The van der Waals surface area contributed by atoms with Crippen molar-refractivity contribution in [2.75, 3.05) is 13.7 Å². The summed E-state index contributed by atoms with van der Waals surface area (Å²) in [7, 11) is 1.39. The highest BCUT2D eigenvalue weighted by molar-refractivity contribution is 5.88. The molecule has 18 heavy (non-hydrogen) atoms. The van der Waals surface area contributed by atoms with Gasteiger partial charge in [0.05, 0.1) is 7.11 Å². The van der Waals surface area contributed by atoms with Gasteiger partial charge in [-0.3, -0.25) is 0 Å². The van der Waals surface area contributed by atoms with E-state index in [9.17, 15) is 4.79 Å². The molecule has 0 saturated heterocycles. The lowest BCUT2D eigenvalue weighted by molar-refractivity contribution is -0.136. The number of benzene rings is 1. The van der Waals surface area contributed by atoms with E-state index in [1.807, 2.05) is 25.1 Å². The molecule has 0 fully saturated rings. The number of ether oxygens (including phenoxy) is 2. The van der Waals surface area contributed by atoms with Crippen LogP contribution in [0.4, 0.5) is 0 Å². The number of methoxy groups -OCH3 is 1. The topological polar surface area (TPSA) is 35.5 Å². The van der Waals surface area contributed by atoms with Crippen LogP contribution in [0.1, 0.15) is 25.8 Å². The van der Waals surface area contributed by atoms with Crippen LogP contribution in [-0.2, 0) is 16.0 Å². The molecule has 0 saturated carbocycles. The van der Waals surface area contributed by atoms with Crippen molar-refractivity contribution in [3.63, 3.8) is 0 Å². The summed E-state index contributed by atoms with van der Waals surface area (Å²) in [5.41, 5.74) is 1.88. The van der Waals surface area contributed by atoms with Crippen LogP contribution in [-0.4, -0.2) is 19.7 Å². The average Bonchev–Trinajstić information content (AvgIpc) is 2.43. The first-order valence-electron chi connectivity index (χ1n) is 6.20. The Morgan fingerprint density at radius 3 is 2.72 bits per heavy atom. The third-order valence-electron chi connectivity index (χ3n) is 2.71. The van der Waals surface area contributed by atoms with Gasteiger partial charge in [0, 0.05) is 5.57 Å². The highest BCUT2D eigenvalue weighted by atomic mass is 16.5. The van der Waals surface area contributed by atoms with Crippen LogP contribution in [0.2, 0.25) is 0 Å². The van der Waals surface area contributed by atoms with E-state index >= 15 is 0 Å². The molecule has 0 aliphatic rings. The minimum absolute atomic E-state index is 0.289. The first kappa shape index (κ1) is 14.3. The summed E-state index contributed by atoms with van der Waals surface area (Å²) in [4.78, 5) is 11.3. The van der Waals surface area contributed by atoms with Gasteiger partial charge in [-0.15, -0.1) is 0 Å². The molecule has 0 aromatic heterocycles. The Labute approximate surface area is 108 Å². The van der Waals surface area contributed by atoms with Gasteiger partial charge in [0.25, 0.3) is 0 Å². The molecule has 0 aliphatic carbocycles. The fraction of sp³-hybridized carbons (Fsp3) is 0.400. The molecule has 0 aliphatic heterocycles. The van der Waals surface area contributed by atoms with E-state index in [4.69, 9.17) is 4.74 Å². The molecule has 3 nitrogen and oxygen atoms in total. The van der Waals surface area contributed by atoms with Crippen LogP contribution < -0.4 is 4.74 Å². The predicted octanol–water partition coefficient (Wildman–Crippen LogP) is 3.14. The smallest absolute Gasteiger partial charge is 0.333 e. The van der Waals surface area contributed by atoms with E-state index < -0.39 is 0 Å². The maximum atomic E-state index is 11.3. The van der Waals surface area contributed by atoms with Crippen molar-refractivity contribution >= 4 is 5.97 Å². The summed E-state index contributed by atoms with van der Waals surface area (Å²) in [6.07, 6.45) is 3.39. The second kappa shape index (κ2) is 7.54. The quantitative estimate of drug-likeness (QED) is 0.573. The van der Waals surface area contributed by atoms with Crippen LogP contribution >= 0.6 is 0 Å². The molecule has 1 aromatic rings. The molecule has 0 atom stereocenters. The zero-order valence-corrected chi connectivity index (χ0v) is 11.2.